The molecule has 1 aromatic carbocycles. The van der Waals surface area contributed by atoms with Crippen LogP contribution in [0.25, 0.3) is 0 Å². The minimum Gasteiger partial charge on any atom is -0.455 e. The lowest BCUT2D eigenvalue weighted by atomic mass is 9.83. The van der Waals surface area contributed by atoms with Gasteiger partial charge in [-0.3, -0.25) is 48.4 Å². The number of piperidine rings is 1. The van der Waals surface area contributed by atoms with E-state index in [1.807, 2.05) is 71.3 Å². The predicted octanol–water partition coefficient (Wildman–Crippen LogP) is 5.83. The molecule has 19 heteroatoms. The highest BCUT2D eigenvalue weighted by Crippen LogP contribution is 2.33. The zero-order chi connectivity index (χ0) is 51.3. The average molecular weight is 1010 g/mol. The van der Waals surface area contributed by atoms with E-state index in [0.29, 0.717) is 30.5 Å². The molecular formula is C51H76N6O11S2. The molecule has 2 aliphatic rings. The molecule has 0 aliphatic carbocycles. The molecule has 2 aliphatic heterocycles. The Morgan fingerprint density at radius 1 is 0.971 bits per heavy atom. The number of carbonyl (C=O) groups excluding carboxylic acids is 7. The first kappa shape index (κ1) is 58.2. The molecule has 2 aromatic rings. The number of benzene rings is 1. The Hall–Kier alpha value is -4.40. The molecule has 0 bridgehead atoms. The highest BCUT2D eigenvalue weighted by Gasteiger charge is 2.39. The molecule has 17 nitrogen and oxygen atoms in total. The number of thiazole rings is 1. The van der Waals surface area contributed by atoms with Crippen LogP contribution in [-0.2, 0) is 47.7 Å². The predicted molar refractivity (Wildman–Crippen MR) is 271 cm³/mol. The fourth-order valence-electron chi connectivity index (χ4n) is 8.75. The number of likely N-dealkylation sites (N-methyl/N-ethyl adjacent to an activating group) is 1. The number of imide groups is 1. The van der Waals surface area contributed by atoms with E-state index in [-0.39, 0.29) is 123 Å². The summed E-state index contributed by atoms with van der Waals surface area (Å²) in [5.74, 6) is -2.07. The van der Waals surface area contributed by atoms with Gasteiger partial charge in [0.1, 0.15) is 10.7 Å². The largest absolute Gasteiger partial charge is 0.455 e. The van der Waals surface area contributed by atoms with E-state index in [1.165, 1.54) is 34.9 Å². The van der Waals surface area contributed by atoms with Gasteiger partial charge in [0.15, 0.2) is 17.7 Å². The third kappa shape index (κ3) is 17.7. The van der Waals surface area contributed by atoms with E-state index < -0.39 is 29.9 Å². The lowest BCUT2D eigenvalue weighted by Crippen LogP contribution is -2.48. The number of ether oxygens (including phenoxy) is 4. The first-order chi connectivity index (χ1) is 33.5. The van der Waals surface area contributed by atoms with E-state index in [1.54, 1.807) is 24.3 Å². The fourth-order valence-corrected chi connectivity index (χ4v) is 10.2. The summed E-state index contributed by atoms with van der Waals surface area (Å²) in [6.07, 6.45) is 5.33. The second-order valence-corrected chi connectivity index (χ2v) is 20.5. The average Bonchev–Trinajstić information content (AvgIpc) is 3.94. The first-order valence-electron chi connectivity index (χ1n) is 24.6. The summed E-state index contributed by atoms with van der Waals surface area (Å²) < 4.78 is 22.5. The number of nitrogens with zero attached hydrogens (tertiary/aromatic N) is 5. The van der Waals surface area contributed by atoms with Crippen LogP contribution >= 0.6 is 23.1 Å². The van der Waals surface area contributed by atoms with Crippen molar-refractivity contribution >= 4 is 70.0 Å². The summed E-state index contributed by atoms with van der Waals surface area (Å²) in [5, 5.41) is 4.68. The van der Waals surface area contributed by atoms with Crippen molar-refractivity contribution in [1.82, 2.24) is 25.0 Å². The summed E-state index contributed by atoms with van der Waals surface area (Å²) in [4.78, 5) is 106. The Bertz CT molecular complexity index is 2070. The van der Waals surface area contributed by atoms with E-state index in [2.05, 4.69) is 20.2 Å². The molecule has 70 heavy (non-hydrogen) atoms. The number of rotatable bonds is 31. The SMILES string of the molecule is CC[C@H](C)[C@H](CC(=O)C1CCCCN1C)C(=O)N(C)[C@H](C[C@@H](OC(C)=O)c1nc(C(=O)N[C@H](C)C(=NCC(=O)CCOCCOCCOCCN2C(=O)CC(SC)C2=O)c2ccccc2)cs1)C(C)C. The highest BCUT2D eigenvalue weighted by molar-refractivity contribution is 8.00. The smallest absolute Gasteiger partial charge is 0.303 e. The number of aromatic nitrogens is 1. The van der Waals surface area contributed by atoms with Gasteiger partial charge < -0.3 is 29.2 Å². The molecule has 2 fully saturated rings. The van der Waals surface area contributed by atoms with Crippen molar-refractivity contribution in [2.75, 3.05) is 79.6 Å². The van der Waals surface area contributed by atoms with Crippen molar-refractivity contribution in [2.45, 2.75) is 122 Å². The summed E-state index contributed by atoms with van der Waals surface area (Å²) >= 11 is 2.56. The van der Waals surface area contributed by atoms with Crippen molar-refractivity contribution < 1.29 is 52.5 Å². The zero-order valence-electron chi connectivity index (χ0n) is 42.6. The van der Waals surface area contributed by atoms with E-state index in [9.17, 15) is 33.6 Å². The molecule has 3 heterocycles. The van der Waals surface area contributed by atoms with E-state index >= 15 is 0 Å². The van der Waals surface area contributed by atoms with Crippen LogP contribution in [0.2, 0.25) is 0 Å². The van der Waals surface area contributed by atoms with Crippen LogP contribution in [-0.4, -0.2) is 170 Å². The van der Waals surface area contributed by atoms with Gasteiger partial charge in [0.25, 0.3) is 5.91 Å². The molecule has 0 spiro atoms. The monoisotopic (exact) mass is 1010 g/mol. The molecule has 1 aromatic heterocycles. The molecular weight excluding hydrogens is 937 g/mol. The van der Waals surface area contributed by atoms with Gasteiger partial charge in [-0.25, -0.2) is 4.98 Å². The number of hydrogen-bond donors (Lipinski definition) is 1. The minimum absolute atomic E-state index is 0.0213. The van der Waals surface area contributed by atoms with Gasteiger partial charge in [-0.1, -0.05) is 70.9 Å². The van der Waals surface area contributed by atoms with Gasteiger partial charge >= 0.3 is 5.97 Å². The summed E-state index contributed by atoms with van der Waals surface area (Å²) in [7, 11) is 3.74. The third-order valence-electron chi connectivity index (χ3n) is 13.1. The molecule has 388 valence electrons. The van der Waals surface area contributed by atoms with Gasteiger partial charge in [-0.2, -0.15) is 11.8 Å². The number of amides is 4. The molecule has 2 unspecified atom stereocenters. The van der Waals surface area contributed by atoms with E-state index in [4.69, 9.17) is 18.9 Å². The number of Topliss-reactive ketones (excluding diaryl/α,β-unsaturated/α-hetero) is 2. The van der Waals surface area contributed by atoms with Crippen molar-refractivity contribution in [3.05, 3.63) is 52.0 Å². The Labute approximate surface area is 422 Å². The van der Waals surface area contributed by atoms with Crippen LogP contribution in [0.1, 0.15) is 120 Å². The van der Waals surface area contributed by atoms with Gasteiger partial charge in [-0.05, 0) is 57.0 Å². The highest BCUT2D eigenvalue weighted by atomic mass is 32.2. The van der Waals surface area contributed by atoms with Gasteiger partial charge in [0.2, 0.25) is 17.7 Å². The second-order valence-electron chi connectivity index (χ2n) is 18.5. The summed E-state index contributed by atoms with van der Waals surface area (Å²) in [5.41, 5.74) is 1.36. The maximum Gasteiger partial charge on any atom is 0.303 e. The summed E-state index contributed by atoms with van der Waals surface area (Å²) in [6.45, 7) is 13.7. The lowest BCUT2D eigenvalue weighted by molar-refractivity contribution is -0.149. The molecule has 4 rings (SSSR count). The Morgan fingerprint density at radius 3 is 2.26 bits per heavy atom. The Kier molecular flexibility index (Phi) is 24.8. The third-order valence-corrected chi connectivity index (χ3v) is 15.0. The summed E-state index contributed by atoms with van der Waals surface area (Å²) in [6, 6.07) is 8.08. The van der Waals surface area contributed by atoms with Gasteiger partial charge in [-0.15, -0.1) is 11.3 Å². The first-order valence-corrected chi connectivity index (χ1v) is 26.8. The van der Waals surface area contributed by atoms with Crippen LogP contribution < -0.4 is 5.32 Å². The molecule has 7 atom stereocenters. The number of likely N-dealkylation sites (tertiary alicyclic amines) is 2. The topological polar surface area (TPSA) is 203 Å². The Morgan fingerprint density at radius 2 is 1.64 bits per heavy atom. The number of thioether (sulfide) groups is 1. The van der Waals surface area contributed by atoms with Crippen molar-refractivity contribution in [2.24, 2.45) is 22.7 Å². The zero-order valence-corrected chi connectivity index (χ0v) is 44.3. The molecule has 0 radical (unpaired) electrons. The number of esters is 1. The maximum atomic E-state index is 14.4. The Balaban J connectivity index is 1.30. The number of aliphatic imine (C=N–C) groups is 1. The quantitative estimate of drug-likeness (QED) is 0.0409. The van der Waals surface area contributed by atoms with Crippen molar-refractivity contribution in [3.63, 3.8) is 0 Å². The van der Waals surface area contributed by atoms with Crippen LogP contribution in [0.5, 0.6) is 0 Å². The van der Waals surface area contributed by atoms with Gasteiger partial charge in [0.05, 0.1) is 75.8 Å². The van der Waals surface area contributed by atoms with E-state index in [0.717, 1.165) is 37.8 Å². The molecule has 0 saturated carbocycles. The van der Waals surface area contributed by atoms with Crippen molar-refractivity contribution in [3.8, 4) is 0 Å². The normalized spacial score (nSPS) is 18.9. The van der Waals surface area contributed by atoms with Crippen molar-refractivity contribution in [1.29, 1.82) is 0 Å². The standard InChI is InChI=1S/C51H76N6O11S2/c1-10-34(4)39(28-43(60)41-18-14-15-20-55(41)7)50(63)56(8)42(33(2)3)29-44(68-36(6)58)49-54-40(32-70-49)48(62)53-35(5)47(37-16-12-11-13-17-37)52-31-38(59)19-22-65-24-26-67-27-25-66-23-21-57-46(61)30-45(69-9)51(57)64/h11-13,16-17,32-35,39,41-42,44-45H,10,14-15,18-31H2,1-9H3,(H,53,62)/t34-,35+,39-,41?,42+,44+,45?/m0/s1. The minimum atomic E-state index is -0.847. The number of ketones is 2. The maximum absolute atomic E-state index is 14.4. The van der Waals surface area contributed by atoms with Crippen LogP contribution in [0.3, 0.4) is 0 Å². The fraction of sp³-hybridized carbons (Fsp3) is 0.667. The van der Waals surface area contributed by atoms with Crippen LogP contribution in [0, 0.1) is 17.8 Å². The number of hydrogen-bond acceptors (Lipinski definition) is 16. The van der Waals surface area contributed by atoms with Crippen LogP contribution in [0.15, 0.2) is 40.7 Å². The second kappa shape index (κ2) is 29.8. The van der Waals surface area contributed by atoms with Gasteiger partial charge in [0, 0.05) is 57.0 Å². The number of nitrogens with one attached hydrogen (secondary N) is 1. The molecule has 2 saturated heterocycles. The number of carbonyl (C=O) groups is 7. The van der Waals surface area contributed by atoms with Crippen LogP contribution in [0.4, 0.5) is 0 Å². The lowest BCUT2D eigenvalue weighted by Gasteiger charge is -2.37. The molecule has 4 amide bonds. The molecule has 1 N–H and O–H groups in total.